The van der Waals surface area contributed by atoms with Crippen molar-refractivity contribution in [1.29, 1.82) is 0 Å². The first-order valence-corrected chi connectivity index (χ1v) is 8.78. The molecular formula is C21H25NO5. The minimum Gasteiger partial charge on any atom is -0.493 e. The molecule has 0 saturated carbocycles. The van der Waals surface area contributed by atoms with Crippen molar-refractivity contribution >= 4 is 5.91 Å². The average molecular weight is 371 g/mol. The molecule has 2 aromatic carbocycles. The first-order valence-electron chi connectivity index (χ1n) is 8.78. The third kappa shape index (κ3) is 3.39. The van der Waals surface area contributed by atoms with Crippen molar-refractivity contribution in [2.24, 2.45) is 0 Å². The summed E-state index contributed by atoms with van der Waals surface area (Å²) >= 11 is 0. The monoisotopic (exact) mass is 371 g/mol. The molecule has 0 aromatic heterocycles. The number of carbonyl (C=O) groups is 1. The van der Waals surface area contributed by atoms with Crippen molar-refractivity contribution in [3.8, 4) is 23.0 Å². The van der Waals surface area contributed by atoms with Crippen LogP contribution in [-0.4, -0.2) is 45.8 Å². The Morgan fingerprint density at radius 3 is 2.07 bits per heavy atom. The Bertz CT molecular complexity index is 849. The second kappa shape index (κ2) is 7.78. The standard InChI is InChI=1S/C21H25NO5/c1-13(23)22-9-8-14-10-19(26-4)20(27-5)12-16(14)21(22)15-6-7-17(24-2)18(11-15)25-3/h6-7,10-12,21H,8-9H2,1-5H3. The van der Waals surface area contributed by atoms with E-state index in [-0.39, 0.29) is 11.9 Å². The van der Waals surface area contributed by atoms with E-state index in [2.05, 4.69) is 0 Å². The fraction of sp³-hybridized carbons (Fsp3) is 0.381. The van der Waals surface area contributed by atoms with Gasteiger partial charge in [-0.25, -0.2) is 0 Å². The van der Waals surface area contributed by atoms with E-state index in [9.17, 15) is 4.79 Å². The summed E-state index contributed by atoms with van der Waals surface area (Å²) in [7, 11) is 6.45. The third-order valence-corrected chi connectivity index (χ3v) is 5.00. The summed E-state index contributed by atoms with van der Waals surface area (Å²) in [5.74, 6) is 2.64. The van der Waals surface area contributed by atoms with E-state index >= 15 is 0 Å². The van der Waals surface area contributed by atoms with Crippen LogP contribution >= 0.6 is 0 Å². The van der Waals surface area contributed by atoms with Gasteiger partial charge in [0.25, 0.3) is 0 Å². The molecule has 144 valence electrons. The lowest BCUT2D eigenvalue weighted by Crippen LogP contribution is -2.39. The topological polar surface area (TPSA) is 57.2 Å². The highest BCUT2D eigenvalue weighted by molar-refractivity contribution is 5.75. The number of hydrogen-bond acceptors (Lipinski definition) is 5. The van der Waals surface area contributed by atoms with Gasteiger partial charge in [0.2, 0.25) is 5.91 Å². The van der Waals surface area contributed by atoms with Gasteiger partial charge in [-0.3, -0.25) is 4.79 Å². The van der Waals surface area contributed by atoms with Gasteiger partial charge in [-0.15, -0.1) is 0 Å². The highest BCUT2D eigenvalue weighted by Crippen LogP contribution is 2.42. The molecule has 0 radical (unpaired) electrons. The van der Waals surface area contributed by atoms with Crippen LogP contribution in [0.1, 0.15) is 29.7 Å². The van der Waals surface area contributed by atoms with Crippen molar-refractivity contribution in [2.75, 3.05) is 35.0 Å². The molecule has 1 heterocycles. The van der Waals surface area contributed by atoms with Crippen LogP contribution in [0.5, 0.6) is 23.0 Å². The number of benzene rings is 2. The maximum Gasteiger partial charge on any atom is 0.220 e. The summed E-state index contributed by atoms with van der Waals surface area (Å²) < 4.78 is 21.7. The lowest BCUT2D eigenvalue weighted by atomic mass is 9.87. The highest BCUT2D eigenvalue weighted by Gasteiger charge is 2.32. The summed E-state index contributed by atoms with van der Waals surface area (Å²) in [5, 5.41) is 0. The Balaban J connectivity index is 2.18. The van der Waals surface area contributed by atoms with Crippen molar-refractivity contribution in [2.45, 2.75) is 19.4 Å². The molecule has 6 heteroatoms. The van der Waals surface area contributed by atoms with Crippen molar-refractivity contribution in [3.63, 3.8) is 0 Å². The van der Waals surface area contributed by atoms with Gasteiger partial charge < -0.3 is 23.8 Å². The molecule has 1 unspecified atom stereocenters. The third-order valence-electron chi connectivity index (χ3n) is 5.00. The van der Waals surface area contributed by atoms with E-state index in [4.69, 9.17) is 18.9 Å². The van der Waals surface area contributed by atoms with Crippen molar-refractivity contribution in [3.05, 3.63) is 47.0 Å². The number of carbonyl (C=O) groups excluding carboxylic acids is 1. The molecule has 0 bridgehead atoms. The van der Waals surface area contributed by atoms with Crippen LogP contribution in [0.4, 0.5) is 0 Å². The molecule has 1 atom stereocenters. The zero-order valence-corrected chi connectivity index (χ0v) is 16.4. The van der Waals surface area contributed by atoms with Crippen LogP contribution in [0.2, 0.25) is 0 Å². The molecule has 0 saturated heterocycles. The number of amides is 1. The first kappa shape index (κ1) is 18.9. The Morgan fingerprint density at radius 1 is 0.889 bits per heavy atom. The number of methoxy groups -OCH3 is 4. The molecule has 1 amide bonds. The van der Waals surface area contributed by atoms with Gasteiger partial charge in [0, 0.05) is 13.5 Å². The van der Waals surface area contributed by atoms with E-state index in [0.29, 0.717) is 29.5 Å². The van der Waals surface area contributed by atoms with Crippen LogP contribution in [0.15, 0.2) is 30.3 Å². The lowest BCUT2D eigenvalue weighted by Gasteiger charge is -2.37. The molecule has 1 aliphatic heterocycles. The number of hydrogen-bond donors (Lipinski definition) is 0. The average Bonchev–Trinajstić information content (AvgIpc) is 2.70. The maximum absolute atomic E-state index is 12.4. The van der Waals surface area contributed by atoms with Crippen LogP contribution in [-0.2, 0) is 11.2 Å². The summed E-state index contributed by atoms with van der Waals surface area (Å²) in [5.41, 5.74) is 3.13. The largest absolute Gasteiger partial charge is 0.493 e. The SMILES string of the molecule is COc1ccc(C2c3cc(OC)c(OC)cc3CCN2C(C)=O)cc1OC. The summed E-state index contributed by atoms with van der Waals surface area (Å²) in [6.45, 7) is 2.23. The molecule has 0 fully saturated rings. The fourth-order valence-corrected chi connectivity index (χ4v) is 3.67. The Hall–Kier alpha value is -2.89. The van der Waals surface area contributed by atoms with Crippen LogP contribution < -0.4 is 18.9 Å². The van der Waals surface area contributed by atoms with E-state index in [1.165, 1.54) is 0 Å². The molecule has 1 aliphatic rings. The van der Waals surface area contributed by atoms with Gasteiger partial charge in [0.05, 0.1) is 34.5 Å². The number of ether oxygens (including phenoxy) is 4. The van der Waals surface area contributed by atoms with Gasteiger partial charge in [0.15, 0.2) is 23.0 Å². The molecule has 0 N–H and O–H groups in total. The summed E-state index contributed by atoms with van der Waals surface area (Å²) in [4.78, 5) is 14.2. The van der Waals surface area contributed by atoms with Crippen molar-refractivity contribution < 1.29 is 23.7 Å². The Morgan fingerprint density at radius 2 is 1.48 bits per heavy atom. The van der Waals surface area contributed by atoms with Gasteiger partial charge in [-0.2, -0.15) is 0 Å². The summed E-state index contributed by atoms with van der Waals surface area (Å²) in [6.07, 6.45) is 0.763. The highest BCUT2D eigenvalue weighted by atomic mass is 16.5. The van der Waals surface area contributed by atoms with Crippen molar-refractivity contribution in [1.82, 2.24) is 4.90 Å². The maximum atomic E-state index is 12.4. The molecule has 27 heavy (non-hydrogen) atoms. The van der Waals surface area contributed by atoms with Crippen LogP contribution in [0.25, 0.3) is 0 Å². The van der Waals surface area contributed by atoms with Crippen LogP contribution in [0.3, 0.4) is 0 Å². The van der Waals surface area contributed by atoms with E-state index in [1.54, 1.807) is 35.4 Å². The Kier molecular flexibility index (Phi) is 5.44. The normalized spacial score (nSPS) is 15.7. The first-order chi connectivity index (χ1) is 13.0. The molecular weight excluding hydrogens is 346 g/mol. The molecule has 3 rings (SSSR count). The van der Waals surface area contributed by atoms with Gasteiger partial charge >= 0.3 is 0 Å². The quantitative estimate of drug-likeness (QED) is 0.808. The number of rotatable bonds is 5. The van der Waals surface area contributed by atoms with Gasteiger partial charge in [-0.05, 0) is 47.4 Å². The second-order valence-electron chi connectivity index (χ2n) is 6.39. The van der Waals surface area contributed by atoms with Gasteiger partial charge in [0.1, 0.15) is 0 Å². The number of fused-ring (bicyclic) bond motifs is 1. The van der Waals surface area contributed by atoms with E-state index in [1.807, 2.05) is 35.2 Å². The minimum absolute atomic E-state index is 0.0234. The van der Waals surface area contributed by atoms with Gasteiger partial charge in [-0.1, -0.05) is 6.07 Å². The molecule has 0 aliphatic carbocycles. The minimum atomic E-state index is -0.231. The molecule has 2 aromatic rings. The van der Waals surface area contributed by atoms with E-state index < -0.39 is 0 Å². The summed E-state index contributed by atoms with van der Waals surface area (Å²) in [6, 6.07) is 9.48. The zero-order valence-electron chi connectivity index (χ0n) is 16.4. The number of nitrogens with zero attached hydrogens (tertiary/aromatic N) is 1. The van der Waals surface area contributed by atoms with Crippen LogP contribution in [0, 0.1) is 0 Å². The predicted molar refractivity (Wildman–Crippen MR) is 102 cm³/mol. The zero-order chi connectivity index (χ0) is 19.6. The molecule has 0 spiro atoms. The predicted octanol–water partition coefficient (Wildman–Crippen LogP) is 3.22. The van der Waals surface area contributed by atoms with E-state index in [0.717, 1.165) is 23.1 Å². The lowest BCUT2D eigenvalue weighted by molar-refractivity contribution is -0.130. The fourth-order valence-electron chi connectivity index (χ4n) is 3.67. The molecule has 6 nitrogen and oxygen atoms in total. The Labute approximate surface area is 159 Å². The second-order valence-corrected chi connectivity index (χ2v) is 6.39. The smallest absolute Gasteiger partial charge is 0.220 e.